The second-order valence-corrected chi connectivity index (χ2v) is 7.33. The van der Waals surface area contributed by atoms with Crippen molar-refractivity contribution in [3.63, 3.8) is 0 Å². The highest BCUT2D eigenvalue weighted by atomic mass is 35.5. The highest BCUT2D eigenvalue weighted by Gasteiger charge is 2.24. The van der Waals surface area contributed by atoms with Crippen LogP contribution in [0.2, 0.25) is 5.02 Å². The molecule has 30 heavy (non-hydrogen) atoms. The highest BCUT2D eigenvalue weighted by Crippen LogP contribution is 2.23. The third kappa shape index (κ3) is 5.65. The van der Waals surface area contributed by atoms with Crippen LogP contribution in [0.1, 0.15) is 22.5 Å². The number of benzene rings is 2. The van der Waals surface area contributed by atoms with Crippen LogP contribution in [0.4, 0.5) is 0 Å². The smallest absolute Gasteiger partial charge is 0.308 e. The largest absolute Gasteiger partial charge is 0.481 e. The van der Waals surface area contributed by atoms with E-state index in [1.165, 1.54) is 6.20 Å². The zero-order valence-electron chi connectivity index (χ0n) is 16.0. The summed E-state index contributed by atoms with van der Waals surface area (Å²) in [4.78, 5) is 23.7. The Hall–Kier alpha value is -3.23. The number of nitrogens with zero attached hydrogens (tertiary/aromatic N) is 2. The first kappa shape index (κ1) is 21.5. The van der Waals surface area contributed by atoms with E-state index in [-0.39, 0.29) is 12.1 Å². The maximum Gasteiger partial charge on any atom is 0.308 e. The molecule has 3 aromatic rings. The molecule has 1 heterocycles. The van der Waals surface area contributed by atoms with Crippen LogP contribution in [0, 0.1) is 5.92 Å². The molecule has 0 aliphatic heterocycles. The third-order valence-corrected chi connectivity index (χ3v) is 4.95. The summed E-state index contributed by atoms with van der Waals surface area (Å²) < 4.78 is 0. The Labute approximate surface area is 177 Å². The number of H-pyrrole nitrogens is 1. The molecule has 0 spiro atoms. The summed E-state index contributed by atoms with van der Waals surface area (Å²) in [6.07, 6.45) is 1.82. The van der Waals surface area contributed by atoms with E-state index >= 15 is 0 Å². The summed E-state index contributed by atoms with van der Waals surface area (Å²) >= 11 is 6.05. The first-order valence-electron chi connectivity index (χ1n) is 9.32. The van der Waals surface area contributed by atoms with Gasteiger partial charge in [-0.3, -0.25) is 14.7 Å². The van der Waals surface area contributed by atoms with Crippen molar-refractivity contribution in [2.75, 3.05) is 6.61 Å². The number of halogens is 1. The van der Waals surface area contributed by atoms with E-state index in [9.17, 15) is 19.8 Å². The summed E-state index contributed by atoms with van der Waals surface area (Å²) in [7, 11) is 0. The average Bonchev–Trinajstić information content (AvgIpc) is 3.27. The number of aromatic amines is 1. The monoisotopic (exact) mass is 428 g/mol. The van der Waals surface area contributed by atoms with Crippen LogP contribution in [0.3, 0.4) is 0 Å². The van der Waals surface area contributed by atoms with Gasteiger partial charge in [0.25, 0.3) is 5.91 Å². The molecule has 9 heteroatoms. The number of nitrogens with one attached hydrogen (secondary N) is 2. The van der Waals surface area contributed by atoms with Gasteiger partial charge in [0.2, 0.25) is 0 Å². The number of aliphatic hydroxyl groups excluding tert-OH is 1. The standard InChI is InChI=1S/C21H21ClN4O4/c22-17-3-1-2-15(9-17)14-6-4-13(5-7-14)8-18(10-16(12-27)21(29)30)24-20(28)19-11-23-26-25-19/h1-7,9,11,16,18,27H,8,10,12H2,(H,24,28)(H,29,30)(H,23,25,26)/t16-,18+/m0/s1. The van der Waals surface area contributed by atoms with Crippen molar-refractivity contribution in [1.29, 1.82) is 0 Å². The van der Waals surface area contributed by atoms with Crippen molar-refractivity contribution in [3.05, 3.63) is 71.0 Å². The van der Waals surface area contributed by atoms with Crippen LogP contribution in [0.15, 0.2) is 54.7 Å². The van der Waals surface area contributed by atoms with Crippen LogP contribution in [0.5, 0.6) is 0 Å². The molecule has 3 rings (SSSR count). The predicted molar refractivity (Wildman–Crippen MR) is 111 cm³/mol. The Bertz CT molecular complexity index is 993. The Morgan fingerprint density at radius 1 is 1.13 bits per heavy atom. The summed E-state index contributed by atoms with van der Waals surface area (Å²) in [5.41, 5.74) is 2.99. The van der Waals surface area contributed by atoms with E-state index in [2.05, 4.69) is 20.7 Å². The topological polar surface area (TPSA) is 128 Å². The van der Waals surface area contributed by atoms with Gasteiger partial charge in [-0.2, -0.15) is 0 Å². The second-order valence-electron chi connectivity index (χ2n) is 6.89. The normalized spacial score (nSPS) is 12.9. The predicted octanol–water partition coefficient (Wildman–Crippen LogP) is 2.55. The van der Waals surface area contributed by atoms with Gasteiger partial charge in [-0.1, -0.05) is 53.2 Å². The quantitative estimate of drug-likeness (QED) is 0.414. The lowest BCUT2D eigenvalue weighted by molar-refractivity contribution is -0.143. The van der Waals surface area contributed by atoms with Crippen LogP contribution in [-0.4, -0.2) is 50.1 Å². The van der Waals surface area contributed by atoms with Crippen molar-refractivity contribution >= 4 is 23.5 Å². The van der Waals surface area contributed by atoms with Gasteiger partial charge in [-0.25, -0.2) is 0 Å². The maximum atomic E-state index is 12.4. The molecule has 0 bridgehead atoms. The van der Waals surface area contributed by atoms with Crippen molar-refractivity contribution in [3.8, 4) is 11.1 Å². The average molecular weight is 429 g/mol. The van der Waals surface area contributed by atoms with Gasteiger partial charge in [-0.05, 0) is 41.7 Å². The van der Waals surface area contributed by atoms with E-state index in [4.69, 9.17) is 11.6 Å². The summed E-state index contributed by atoms with van der Waals surface area (Å²) in [6.45, 7) is -0.515. The zero-order valence-corrected chi connectivity index (χ0v) is 16.7. The first-order valence-corrected chi connectivity index (χ1v) is 9.70. The molecular weight excluding hydrogens is 408 g/mol. The molecular formula is C21H21ClN4O4. The Kier molecular flexibility index (Phi) is 7.16. The molecule has 0 saturated heterocycles. The second kappa shape index (κ2) is 10.00. The molecule has 0 radical (unpaired) electrons. The van der Waals surface area contributed by atoms with Gasteiger partial charge in [0.1, 0.15) is 0 Å². The van der Waals surface area contributed by atoms with E-state index in [1.54, 1.807) is 0 Å². The molecule has 1 amide bonds. The van der Waals surface area contributed by atoms with E-state index in [0.717, 1.165) is 16.7 Å². The van der Waals surface area contributed by atoms with Gasteiger partial charge in [0, 0.05) is 11.1 Å². The van der Waals surface area contributed by atoms with Gasteiger partial charge in [0.05, 0.1) is 18.7 Å². The minimum atomic E-state index is -1.12. The number of carboxylic acids is 1. The minimum absolute atomic E-state index is 0.0749. The number of amides is 1. The molecule has 0 fully saturated rings. The van der Waals surface area contributed by atoms with Crippen molar-refractivity contribution < 1.29 is 19.8 Å². The number of aromatic nitrogens is 3. The van der Waals surface area contributed by atoms with Crippen LogP contribution in [-0.2, 0) is 11.2 Å². The molecule has 2 atom stereocenters. The molecule has 0 unspecified atom stereocenters. The molecule has 156 valence electrons. The summed E-state index contributed by atoms with van der Waals surface area (Å²) in [5, 5.41) is 31.7. The lowest BCUT2D eigenvalue weighted by Gasteiger charge is -2.21. The van der Waals surface area contributed by atoms with Gasteiger partial charge < -0.3 is 15.5 Å². The van der Waals surface area contributed by atoms with Gasteiger partial charge in [0.15, 0.2) is 5.69 Å². The Morgan fingerprint density at radius 3 is 2.50 bits per heavy atom. The number of rotatable bonds is 9. The van der Waals surface area contributed by atoms with E-state index < -0.39 is 30.4 Å². The zero-order chi connectivity index (χ0) is 21.5. The number of aliphatic hydroxyl groups is 1. The lowest BCUT2D eigenvalue weighted by Crippen LogP contribution is -2.40. The number of hydrogen-bond acceptors (Lipinski definition) is 5. The third-order valence-electron chi connectivity index (χ3n) is 4.72. The SMILES string of the molecule is O=C(N[C@H](Cc1ccc(-c2cccc(Cl)c2)cc1)C[C@@H](CO)C(=O)O)c1c[nH]nn1. The number of carbonyl (C=O) groups is 2. The molecule has 0 saturated carbocycles. The summed E-state index contributed by atoms with van der Waals surface area (Å²) in [5.74, 6) is -2.57. The van der Waals surface area contributed by atoms with E-state index in [0.29, 0.717) is 11.4 Å². The highest BCUT2D eigenvalue weighted by molar-refractivity contribution is 6.30. The molecule has 8 nitrogen and oxygen atoms in total. The van der Waals surface area contributed by atoms with Gasteiger partial charge in [-0.15, -0.1) is 5.10 Å². The fourth-order valence-electron chi connectivity index (χ4n) is 3.15. The number of carbonyl (C=O) groups excluding carboxylic acids is 1. The number of carboxylic acid groups (broad SMARTS) is 1. The Balaban J connectivity index is 1.75. The molecule has 4 N–H and O–H groups in total. The van der Waals surface area contributed by atoms with E-state index in [1.807, 2.05) is 48.5 Å². The van der Waals surface area contributed by atoms with Crippen molar-refractivity contribution in [1.82, 2.24) is 20.7 Å². The Morgan fingerprint density at radius 2 is 1.90 bits per heavy atom. The van der Waals surface area contributed by atoms with Crippen LogP contribution < -0.4 is 5.32 Å². The van der Waals surface area contributed by atoms with Crippen molar-refractivity contribution in [2.45, 2.75) is 18.9 Å². The molecule has 0 aliphatic carbocycles. The van der Waals surface area contributed by atoms with Crippen LogP contribution >= 0.6 is 11.6 Å². The minimum Gasteiger partial charge on any atom is -0.481 e. The summed E-state index contributed by atoms with van der Waals surface area (Å²) in [6, 6.07) is 14.7. The fraction of sp³-hybridized carbons (Fsp3) is 0.238. The molecule has 1 aromatic heterocycles. The fourth-order valence-corrected chi connectivity index (χ4v) is 3.34. The number of hydrogen-bond donors (Lipinski definition) is 4. The van der Waals surface area contributed by atoms with Crippen LogP contribution in [0.25, 0.3) is 11.1 Å². The number of aliphatic carboxylic acids is 1. The van der Waals surface area contributed by atoms with Gasteiger partial charge >= 0.3 is 5.97 Å². The first-order chi connectivity index (χ1) is 14.5. The van der Waals surface area contributed by atoms with Crippen molar-refractivity contribution in [2.24, 2.45) is 5.92 Å². The maximum absolute atomic E-state index is 12.4. The lowest BCUT2D eigenvalue weighted by atomic mass is 9.94. The molecule has 0 aliphatic rings. The molecule has 2 aromatic carbocycles.